The summed E-state index contributed by atoms with van der Waals surface area (Å²) in [6.07, 6.45) is 9.82. The van der Waals surface area contributed by atoms with Crippen LogP contribution in [-0.2, 0) is 10.2 Å². The maximum atomic E-state index is 11.6. The van der Waals surface area contributed by atoms with Gasteiger partial charge in [0.25, 0.3) is 0 Å². The smallest absolute Gasteiger partial charge is 0.132 e. The molecule has 0 aliphatic heterocycles. The first kappa shape index (κ1) is 16.9. The molecule has 2 N–H and O–H groups in total. The number of allylic oxidation sites excluding steroid dienone is 1. The molecule has 0 aromatic carbocycles. The molecule has 1 aromatic rings. The third kappa shape index (κ3) is 3.47. The van der Waals surface area contributed by atoms with Crippen molar-refractivity contribution in [2.75, 3.05) is 6.54 Å². The third-order valence-corrected chi connectivity index (χ3v) is 4.65. The predicted octanol–water partition coefficient (Wildman–Crippen LogP) is 2.84. The molecule has 2 rings (SSSR count). The average molecular weight is 323 g/mol. The van der Waals surface area contributed by atoms with Gasteiger partial charge >= 0.3 is 0 Å². The summed E-state index contributed by atoms with van der Waals surface area (Å²) in [7, 11) is 0. The van der Waals surface area contributed by atoms with Crippen LogP contribution in [0, 0.1) is 5.92 Å². The van der Waals surface area contributed by atoms with Crippen LogP contribution in [0.25, 0.3) is 0 Å². The van der Waals surface area contributed by atoms with Crippen LogP contribution in [0.1, 0.15) is 45.2 Å². The minimum absolute atomic E-state index is 0.364. The second-order valence-corrected chi connectivity index (χ2v) is 6.25. The first-order valence-electron chi connectivity index (χ1n) is 7.67. The molecule has 1 aromatic heterocycles. The summed E-state index contributed by atoms with van der Waals surface area (Å²) in [4.78, 5) is 20.3. The van der Waals surface area contributed by atoms with E-state index >= 15 is 0 Å². The molecule has 1 aliphatic carbocycles. The van der Waals surface area contributed by atoms with E-state index in [0.717, 1.165) is 43.5 Å². The van der Waals surface area contributed by atoms with Gasteiger partial charge < -0.3 is 10.5 Å². The fourth-order valence-electron chi connectivity index (χ4n) is 2.65. The molecule has 0 saturated heterocycles. The average Bonchev–Trinajstić information content (AvgIpc) is 3.03. The lowest BCUT2D eigenvalue weighted by molar-refractivity contribution is -0.110. The number of carbonyl (C=O) groups is 1. The van der Waals surface area contributed by atoms with Gasteiger partial charge in [-0.15, -0.1) is 0 Å². The molecule has 0 radical (unpaired) electrons. The number of hydrogen-bond donors (Lipinski definition) is 1. The summed E-state index contributed by atoms with van der Waals surface area (Å²) < 4.78 is 1.83. The molecule has 0 spiro atoms. The normalized spacial score (nSPS) is 25.4. The van der Waals surface area contributed by atoms with E-state index in [-0.39, 0.29) is 0 Å². The molecule has 2 atom stereocenters. The number of hydrogen-bond acceptors (Lipinski definition) is 4. The Morgan fingerprint density at radius 3 is 3.09 bits per heavy atom. The minimum Gasteiger partial charge on any atom is -0.330 e. The van der Waals surface area contributed by atoms with Crippen LogP contribution < -0.4 is 5.73 Å². The Bertz CT molecular complexity index is 593. The van der Waals surface area contributed by atoms with Crippen molar-refractivity contribution in [2.24, 2.45) is 16.6 Å². The van der Waals surface area contributed by atoms with Gasteiger partial charge in [0.1, 0.15) is 18.4 Å². The van der Waals surface area contributed by atoms with Crippen molar-refractivity contribution >= 4 is 23.7 Å². The van der Waals surface area contributed by atoms with Gasteiger partial charge in [0, 0.05) is 17.4 Å². The molecule has 5 nitrogen and oxygen atoms in total. The molecule has 22 heavy (non-hydrogen) atoms. The van der Waals surface area contributed by atoms with Crippen LogP contribution >= 0.6 is 11.6 Å². The van der Waals surface area contributed by atoms with E-state index in [4.69, 9.17) is 17.3 Å². The number of rotatable bonds is 7. The number of nitrogens with two attached hydrogens (primary N) is 1. The molecule has 6 heteroatoms. The number of aromatic nitrogens is 2. The summed E-state index contributed by atoms with van der Waals surface area (Å²) in [5.74, 6) is 1.13. The van der Waals surface area contributed by atoms with Crippen molar-refractivity contribution < 1.29 is 4.79 Å². The van der Waals surface area contributed by atoms with Crippen molar-refractivity contribution in [3.63, 3.8) is 0 Å². The minimum atomic E-state index is -0.419. The summed E-state index contributed by atoms with van der Waals surface area (Å²) in [6.45, 7) is 4.52. The van der Waals surface area contributed by atoms with Crippen molar-refractivity contribution in [1.82, 2.24) is 9.55 Å². The molecular formula is C16H23ClN4O. The lowest BCUT2D eigenvalue weighted by atomic mass is 9.99. The monoisotopic (exact) mass is 322 g/mol. The second-order valence-electron chi connectivity index (χ2n) is 5.76. The molecule has 2 unspecified atom stereocenters. The molecular weight excluding hydrogens is 300 g/mol. The highest BCUT2D eigenvalue weighted by Gasteiger charge is 2.56. The standard InChI is InChI=1S/C16H23ClN4O/c1-3-14(17)8-19-12(2)21-9-15(20-11-21)16(10-22)7-13(16)5-4-6-18/h8-11,13H,3-7,18H2,1-2H3/b14-8+,19-12?. The zero-order valence-corrected chi connectivity index (χ0v) is 13.9. The van der Waals surface area contributed by atoms with Crippen LogP contribution in [0.2, 0.25) is 0 Å². The van der Waals surface area contributed by atoms with Crippen molar-refractivity contribution in [1.29, 1.82) is 0 Å². The van der Waals surface area contributed by atoms with Crippen LogP contribution in [-0.4, -0.2) is 28.2 Å². The highest BCUT2D eigenvalue weighted by atomic mass is 35.5. The summed E-state index contributed by atoms with van der Waals surface area (Å²) in [5.41, 5.74) is 5.95. The topological polar surface area (TPSA) is 73.3 Å². The van der Waals surface area contributed by atoms with Gasteiger partial charge in [-0.1, -0.05) is 18.5 Å². The SMILES string of the molecule is CC/C(Cl)=C\N=C(C)n1cnc(C2(C=O)CC2CCCN)c1. The second kappa shape index (κ2) is 7.20. The molecule has 1 heterocycles. The van der Waals surface area contributed by atoms with Crippen LogP contribution in [0.5, 0.6) is 0 Å². The fraction of sp³-hybridized carbons (Fsp3) is 0.562. The highest BCUT2D eigenvalue weighted by Crippen LogP contribution is 2.54. The summed E-state index contributed by atoms with van der Waals surface area (Å²) >= 11 is 5.95. The predicted molar refractivity (Wildman–Crippen MR) is 89.1 cm³/mol. The molecule has 120 valence electrons. The van der Waals surface area contributed by atoms with Gasteiger partial charge in [-0.05, 0) is 45.1 Å². The van der Waals surface area contributed by atoms with Gasteiger partial charge in [0.2, 0.25) is 0 Å². The molecule has 0 bridgehead atoms. The number of aldehydes is 1. The van der Waals surface area contributed by atoms with E-state index in [2.05, 4.69) is 9.98 Å². The first-order chi connectivity index (χ1) is 10.6. The molecule has 0 amide bonds. The number of imidazole rings is 1. The molecule has 1 saturated carbocycles. The molecule has 1 fully saturated rings. The van der Waals surface area contributed by atoms with Crippen LogP contribution in [0.4, 0.5) is 0 Å². The number of halogens is 1. The summed E-state index contributed by atoms with van der Waals surface area (Å²) in [5, 5.41) is 0.702. The number of carbonyl (C=O) groups excluding carboxylic acids is 1. The van der Waals surface area contributed by atoms with Gasteiger partial charge in [-0.25, -0.2) is 9.98 Å². The number of aliphatic imine (C=N–C) groups is 1. The Kier molecular flexibility index (Phi) is 5.53. The number of nitrogens with zero attached hydrogens (tertiary/aromatic N) is 3. The van der Waals surface area contributed by atoms with Crippen molar-refractivity contribution in [2.45, 2.75) is 44.9 Å². The highest BCUT2D eigenvalue weighted by molar-refractivity contribution is 6.29. The summed E-state index contributed by atoms with van der Waals surface area (Å²) in [6, 6.07) is 0. The quantitative estimate of drug-likeness (QED) is 0.476. The van der Waals surface area contributed by atoms with Crippen LogP contribution in [0.3, 0.4) is 0 Å². The Morgan fingerprint density at radius 1 is 1.68 bits per heavy atom. The Balaban J connectivity index is 2.13. The van der Waals surface area contributed by atoms with E-state index in [0.29, 0.717) is 17.5 Å². The van der Waals surface area contributed by atoms with E-state index in [1.165, 1.54) is 0 Å². The molecule has 1 aliphatic rings. The zero-order valence-electron chi connectivity index (χ0n) is 13.1. The van der Waals surface area contributed by atoms with E-state index in [1.54, 1.807) is 12.5 Å². The lowest BCUT2D eigenvalue weighted by Crippen LogP contribution is -2.13. The lowest BCUT2D eigenvalue weighted by Gasteiger charge is -2.06. The van der Waals surface area contributed by atoms with Gasteiger partial charge in [-0.2, -0.15) is 0 Å². The van der Waals surface area contributed by atoms with Gasteiger partial charge in [-0.3, -0.25) is 4.57 Å². The van der Waals surface area contributed by atoms with E-state index in [9.17, 15) is 4.79 Å². The first-order valence-corrected chi connectivity index (χ1v) is 8.05. The van der Waals surface area contributed by atoms with E-state index in [1.807, 2.05) is 24.6 Å². The van der Waals surface area contributed by atoms with Crippen molar-refractivity contribution in [3.05, 3.63) is 29.5 Å². The van der Waals surface area contributed by atoms with Crippen LogP contribution in [0.15, 0.2) is 28.7 Å². The Hall–Kier alpha value is -1.46. The maximum Gasteiger partial charge on any atom is 0.132 e. The third-order valence-electron chi connectivity index (χ3n) is 4.28. The Morgan fingerprint density at radius 2 is 2.45 bits per heavy atom. The largest absolute Gasteiger partial charge is 0.330 e. The fourth-order valence-corrected chi connectivity index (χ4v) is 2.70. The Labute approximate surface area is 136 Å². The van der Waals surface area contributed by atoms with Crippen molar-refractivity contribution in [3.8, 4) is 0 Å². The van der Waals surface area contributed by atoms with Gasteiger partial charge in [0.05, 0.1) is 11.1 Å². The van der Waals surface area contributed by atoms with E-state index < -0.39 is 5.41 Å². The maximum absolute atomic E-state index is 11.6. The zero-order chi connectivity index (χ0) is 16.2. The van der Waals surface area contributed by atoms with Gasteiger partial charge in [0.15, 0.2) is 0 Å².